The van der Waals surface area contributed by atoms with Crippen molar-refractivity contribution in [2.24, 2.45) is 0 Å². The molecule has 2 radical (unpaired) electrons. The van der Waals surface area contributed by atoms with Crippen LogP contribution in [0, 0.1) is 0 Å². The van der Waals surface area contributed by atoms with Crippen molar-refractivity contribution in [2.45, 2.75) is 102 Å². The zero-order valence-electron chi connectivity index (χ0n) is 17.0. The number of ether oxygens (including phenoxy) is 1. The molecule has 2 rings (SSSR count). The van der Waals surface area contributed by atoms with Crippen LogP contribution in [0.15, 0.2) is 0 Å². The molecule has 0 amide bonds. The van der Waals surface area contributed by atoms with E-state index in [0.717, 1.165) is 0 Å². The number of rotatable bonds is 4. The third kappa shape index (κ3) is 3.68. The predicted octanol–water partition coefficient (Wildman–Crippen LogP) is 3.20. The summed E-state index contributed by atoms with van der Waals surface area (Å²) in [5.74, 6) is 0. The standard InChI is InChI=1S/C17H35BO5Si2/c1-10(2)24(11(3)4)20-9-14-16(15(19)17(18)21-14)22-25(23-24,12(5)6)13(7)8/h10-17,19H,9H2,1-8H3/t14-,15+,16?,17-/m1/s1. The zero-order valence-corrected chi connectivity index (χ0v) is 19.0. The van der Waals surface area contributed by atoms with Gasteiger partial charge in [0.15, 0.2) is 0 Å². The molecule has 0 spiro atoms. The van der Waals surface area contributed by atoms with Gasteiger partial charge >= 0.3 is 17.1 Å². The quantitative estimate of drug-likeness (QED) is 0.752. The second kappa shape index (κ2) is 7.73. The van der Waals surface area contributed by atoms with Crippen LogP contribution in [0.5, 0.6) is 0 Å². The highest BCUT2D eigenvalue weighted by molar-refractivity contribution is 6.83. The summed E-state index contributed by atoms with van der Waals surface area (Å²) >= 11 is 0. The van der Waals surface area contributed by atoms with Crippen molar-refractivity contribution in [2.75, 3.05) is 6.61 Å². The SMILES string of the molecule is [B][C@@H]1O[C@@H]2CO[Si](C(C)C)(C(C)C)O[Si](C(C)C)(C(C)C)OC2[C@@H]1O. The molecule has 0 aromatic carbocycles. The van der Waals surface area contributed by atoms with E-state index in [1.807, 2.05) is 0 Å². The fraction of sp³-hybridized carbons (Fsp3) is 1.00. The molecular formula is C17H35BO5Si2. The minimum Gasteiger partial charge on any atom is -0.414 e. The van der Waals surface area contributed by atoms with Gasteiger partial charge in [-0.05, 0) is 22.2 Å². The van der Waals surface area contributed by atoms with Crippen molar-refractivity contribution in [3.63, 3.8) is 0 Å². The van der Waals surface area contributed by atoms with E-state index in [0.29, 0.717) is 6.61 Å². The Kier molecular flexibility index (Phi) is 6.68. The molecular weight excluding hydrogens is 351 g/mol. The number of hydrogen-bond acceptors (Lipinski definition) is 5. The van der Waals surface area contributed by atoms with E-state index >= 15 is 0 Å². The lowest BCUT2D eigenvalue weighted by Crippen LogP contribution is -2.65. The van der Waals surface area contributed by atoms with Crippen molar-refractivity contribution < 1.29 is 22.8 Å². The molecule has 5 nitrogen and oxygen atoms in total. The smallest absolute Gasteiger partial charge is 0.335 e. The van der Waals surface area contributed by atoms with E-state index in [1.165, 1.54) is 0 Å². The molecule has 0 aromatic rings. The van der Waals surface area contributed by atoms with Gasteiger partial charge in [0.05, 0.1) is 12.7 Å². The molecule has 1 N–H and O–H groups in total. The van der Waals surface area contributed by atoms with Crippen molar-refractivity contribution in [1.29, 1.82) is 0 Å². The maximum absolute atomic E-state index is 10.5. The van der Waals surface area contributed by atoms with Crippen LogP contribution in [0.3, 0.4) is 0 Å². The second-order valence-corrected chi connectivity index (χ2v) is 17.5. The van der Waals surface area contributed by atoms with Gasteiger partial charge in [-0.15, -0.1) is 0 Å². The minimum absolute atomic E-state index is 0.225. The largest absolute Gasteiger partial charge is 0.414 e. The first-order valence-corrected chi connectivity index (χ1v) is 13.5. The molecule has 0 aliphatic carbocycles. The molecule has 2 fully saturated rings. The van der Waals surface area contributed by atoms with Crippen LogP contribution in [-0.4, -0.2) is 61.0 Å². The van der Waals surface area contributed by atoms with E-state index in [2.05, 4.69) is 55.4 Å². The Labute approximate surface area is 156 Å². The van der Waals surface area contributed by atoms with E-state index < -0.39 is 35.3 Å². The van der Waals surface area contributed by atoms with Crippen LogP contribution in [0.2, 0.25) is 22.2 Å². The molecule has 0 bridgehead atoms. The molecule has 2 saturated heterocycles. The Hall–Kier alpha value is 0.299. The van der Waals surface area contributed by atoms with Gasteiger partial charge in [-0.1, -0.05) is 55.4 Å². The predicted molar refractivity (Wildman–Crippen MR) is 104 cm³/mol. The van der Waals surface area contributed by atoms with Gasteiger partial charge in [0.2, 0.25) is 0 Å². The van der Waals surface area contributed by atoms with Crippen LogP contribution >= 0.6 is 0 Å². The lowest BCUT2D eigenvalue weighted by atomic mass is 9.93. The Balaban J connectivity index is 2.53. The maximum Gasteiger partial charge on any atom is 0.335 e. The van der Waals surface area contributed by atoms with E-state index in [4.69, 9.17) is 25.6 Å². The number of aliphatic hydroxyl groups excluding tert-OH is 1. The second-order valence-electron chi connectivity index (χ2n) is 8.69. The Morgan fingerprint density at radius 2 is 1.36 bits per heavy atom. The number of aliphatic hydroxyl groups is 1. The van der Waals surface area contributed by atoms with E-state index in [9.17, 15) is 5.11 Å². The highest BCUT2D eigenvalue weighted by Crippen LogP contribution is 2.47. The van der Waals surface area contributed by atoms with Gasteiger partial charge in [0.1, 0.15) is 20.1 Å². The van der Waals surface area contributed by atoms with Gasteiger partial charge in [0, 0.05) is 6.00 Å². The van der Waals surface area contributed by atoms with E-state index in [1.54, 1.807) is 0 Å². The van der Waals surface area contributed by atoms with Crippen molar-refractivity contribution >= 4 is 25.0 Å². The lowest BCUT2D eigenvalue weighted by Gasteiger charge is -2.51. The molecule has 8 heteroatoms. The van der Waals surface area contributed by atoms with E-state index in [-0.39, 0.29) is 28.3 Å². The summed E-state index contributed by atoms with van der Waals surface area (Å²) in [7, 11) is 0.699. The fourth-order valence-corrected chi connectivity index (χ4v) is 15.4. The minimum atomic E-state index is -2.70. The zero-order chi connectivity index (χ0) is 19.2. The monoisotopic (exact) mass is 386 g/mol. The third-order valence-electron chi connectivity index (χ3n) is 5.70. The topological polar surface area (TPSA) is 57.2 Å². The Morgan fingerprint density at radius 3 is 1.80 bits per heavy atom. The highest BCUT2D eigenvalue weighted by Gasteiger charge is 2.61. The third-order valence-corrected chi connectivity index (χ3v) is 16.0. The summed E-state index contributed by atoms with van der Waals surface area (Å²) in [6.45, 7) is 17.7. The molecule has 2 heterocycles. The molecule has 144 valence electrons. The van der Waals surface area contributed by atoms with Gasteiger partial charge in [-0.2, -0.15) is 0 Å². The van der Waals surface area contributed by atoms with Gasteiger partial charge in [0.25, 0.3) is 0 Å². The first-order valence-electron chi connectivity index (χ1n) is 9.59. The first-order chi connectivity index (χ1) is 11.5. The summed E-state index contributed by atoms with van der Waals surface area (Å²) in [4.78, 5) is 0. The molecule has 0 aromatic heterocycles. The van der Waals surface area contributed by atoms with Crippen LogP contribution in [0.1, 0.15) is 55.4 Å². The van der Waals surface area contributed by atoms with Gasteiger partial charge < -0.3 is 22.8 Å². The molecule has 25 heavy (non-hydrogen) atoms. The molecule has 1 unspecified atom stereocenters. The van der Waals surface area contributed by atoms with Crippen LogP contribution in [-0.2, 0) is 17.7 Å². The van der Waals surface area contributed by atoms with Crippen molar-refractivity contribution in [3.05, 3.63) is 0 Å². The van der Waals surface area contributed by atoms with Crippen LogP contribution in [0.25, 0.3) is 0 Å². The summed E-state index contributed by atoms with van der Waals surface area (Å²) in [5, 5.41) is 10.5. The summed E-state index contributed by atoms with van der Waals surface area (Å²) in [5.41, 5.74) is 1.03. The van der Waals surface area contributed by atoms with Crippen molar-refractivity contribution in [1.82, 2.24) is 0 Å². The van der Waals surface area contributed by atoms with Gasteiger partial charge in [-0.25, -0.2) is 0 Å². The highest BCUT2D eigenvalue weighted by atomic mass is 28.5. The first kappa shape index (κ1) is 21.6. The lowest BCUT2D eigenvalue weighted by molar-refractivity contribution is -0.0318. The Bertz CT molecular complexity index is 444. The van der Waals surface area contributed by atoms with Crippen LogP contribution < -0.4 is 0 Å². The maximum atomic E-state index is 10.5. The average molecular weight is 386 g/mol. The van der Waals surface area contributed by atoms with Crippen LogP contribution in [0.4, 0.5) is 0 Å². The summed E-state index contributed by atoms with van der Waals surface area (Å²) in [6.07, 6.45) is -1.69. The Morgan fingerprint density at radius 1 is 0.880 bits per heavy atom. The molecule has 0 saturated carbocycles. The van der Waals surface area contributed by atoms with Gasteiger partial charge in [-0.3, -0.25) is 0 Å². The summed E-state index contributed by atoms with van der Waals surface area (Å²) in [6, 6.07) is -0.739. The number of hydrogen-bond donors (Lipinski definition) is 1. The number of fused-ring (bicyclic) bond motifs is 1. The van der Waals surface area contributed by atoms with Crippen molar-refractivity contribution in [3.8, 4) is 0 Å². The molecule has 2 aliphatic rings. The normalized spacial score (nSPS) is 35.2. The summed E-state index contributed by atoms with van der Waals surface area (Å²) < 4.78 is 26.0. The fourth-order valence-electron chi connectivity index (χ4n) is 4.18. The molecule has 4 atom stereocenters. The average Bonchev–Trinajstić information content (AvgIpc) is 2.73. The molecule has 2 aliphatic heterocycles.